The average molecular weight is 423 g/mol. The predicted molar refractivity (Wildman–Crippen MR) is 119 cm³/mol. The molecule has 0 aliphatic carbocycles. The van der Waals surface area contributed by atoms with Gasteiger partial charge in [0.2, 0.25) is 11.0 Å². The van der Waals surface area contributed by atoms with E-state index in [0.717, 1.165) is 50.2 Å². The topological polar surface area (TPSA) is 64.6 Å². The molecular formula is C21H38N6OS. The highest BCUT2D eigenvalue weighted by Gasteiger charge is 2.33. The standard InChI is InChI=1S/C21H38N6OS/c1-20(2,3)18(28)26-12-10-25(11-13-26)15-17-23-19(29-24-17)22-14-16-8-7-9-27(16)21(4,5)6/h16H,7-15H2,1-6H3,(H,22,23,24)/t16-/m0/s1. The van der Waals surface area contributed by atoms with Gasteiger partial charge in [0, 0.05) is 61.3 Å². The van der Waals surface area contributed by atoms with E-state index in [1.165, 1.54) is 30.9 Å². The van der Waals surface area contributed by atoms with Gasteiger partial charge in [-0.25, -0.2) is 4.98 Å². The highest BCUT2D eigenvalue weighted by atomic mass is 32.1. The first-order valence-corrected chi connectivity index (χ1v) is 11.7. The molecule has 1 atom stereocenters. The molecule has 0 spiro atoms. The minimum atomic E-state index is -0.304. The molecule has 1 aromatic heterocycles. The Balaban J connectivity index is 1.45. The SMILES string of the molecule is CC(C)(C)C(=O)N1CCN(Cc2nsc(NC[C@@H]3CCCN3C(C)(C)C)n2)CC1. The molecule has 0 radical (unpaired) electrons. The van der Waals surface area contributed by atoms with Crippen molar-refractivity contribution >= 4 is 22.6 Å². The zero-order valence-electron chi connectivity index (χ0n) is 19.0. The molecule has 2 aliphatic rings. The Morgan fingerprint density at radius 3 is 2.41 bits per heavy atom. The maximum atomic E-state index is 12.4. The third-order valence-corrected chi connectivity index (χ3v) is 6.57. The summed E-state index contributed by atoms with van der Waals surface area (Å²) in [6.07, 6.45) is 2.52. The van der Waals surface area contributed by atoms with Gasteiger partial charge in [-0.05, 0) is 40.2 Å². The van der Waals surface area contributed by atoms with Gasteiger partial charge in [-0.15, -0.1) is 0 Å². The van der Waals surface area contributed by atoms with Crippen molar-refractivity contribution in [3.05, 3.63) is 5.82 Å². The summed E-state index contributed by atoms with van der Waals surface area (Å²) < 4.78 is 4.55. The number of nitrogens with one attached hydrogen (secondary N) is 1. The number of carbonyl (C=O) groups is 1. The number of likely N-dealkylation sites (tertiary alicyclic amines) is 1. The largest absolute Gasteiger partial charge is 0.359 e. The fraction of sp³-hybridized carbons (Fsp3) is 0.857. The van der Waals surface area contributed by atoms with Gasteiger partial charge >= 0.3 is 0 Å². The lowest BCUT2D eigenvalue weighted by atomic mass is 9.94. The molecule has 0 aromatic carbocycles. The lowest BCUT2D eigenvalue weighted by Crippen LogP contribution is -2.51. The smallest absolute Gasteiger partial charge is 0.228 e. The van der Waals surface area contributed by atoms with Crippen molar-refractivity contribution in [1.29, 1.82) is 0 Å². The van der Waals surface area contributed by atoms with Gasteiger partial charge in [-0.2, -0.15) is 4.37 Å². The molecule has 0 bridgehead atoms. The second kappa shape index (κ2) is 8.86. The fourth-order valence-electron chi connectivity index (χ4n) is 4.31. The van der Waals surface area contributed by atoms with Crippen LogP contribution in [0.25, 0.3) is 0 Å². The van der Waals surface area contributed by atoms with Crippen LogP contribution in [0.15, 0.2) is 0 Å². The summed E-state index contributed by atoms with van der Waals surface area (Å²) in [4.78, 5) is 24.1. The molecule has 1 aromatic rings. The van der Waals surface area contributed by atoms with Crippen LogP contribution in [0, 0.1) is 5.41 Å². The number of aromatic nitrogens is 2. The number of hydrogen-bond acceptors (Lipinski definition) is 7. The van der Waals surface area contributed by atoms with E-state index in [4.69, 9.17) is 4.98 Å². The number of rotatable bonds is 5. The fourth-order valence-corrected chi connectivity index (χ4v) is 4.89. The van der Waals surface area contributed by atoms with Crippen LogP contribution in [-0.4, -0.2) is 80.8 Å². The summed E-state index contributed by atoms with van der Waals surface area (Å²) in [6, 6.07) is 0.566. The number of hydrogen-bond donors (Lipinski definition) is 1. The van der Waals surface area contributed by atoms with E-state index in [0.29, 0.717) is 6.04 Å². The van der Waals surface area contributed by atoms with Crippen LogP contribution in [-0.2, 0) is 11.3 Å². The van der Waals surface area contributed by atoms with E-state index >= 15 is 0 Å². The average Bonchev–Trinajstić information content (AvgIpc) is 3.28. The van der Waals surface area contributed by atoms with Crippen molar-refractivity contribution in [2.75, 3.05) is 44.6 Å². The van der Waals surface area contributed by atoms with Crippen molar-refractivity contribution in [2.24, 2.45) is 5.41 Å². The summed E-state index contributed by atoms with van der Waals surface area (Å²) in [6.45, 7) is 19.1. The number of piperazine rings is 1. The molecule has 3 heterocycles. The van der Waals surface area contributed by atoms with E-state index in [9.17, 15) is 4.79 Å². The Bertz CT molecular complexity index is 684. The first kappa shape index (κ1) is 22.4. The zero-order valence-corrected chi connectivity index (χ0v) is 19.8. The molecule has 1 N–H and O–H groups in total. The summed E-state index contributed by atoms with van der Waals surface area (Å²) in [5, 5.41) is 4.44. The van der Waals surface area contributed by atoms with Gasteiger partial charge in [-0.1, -0.05) is 20.8 Å². The third-order valence-electron chi connectivity index (χ3n) is 5.86. The molecule has 2 saturated heterocycles. The van der Waals surface area contributed by atoms with Gasteiger partial charge in [0.25, 0.3) is 0 Å². The summed E-state index contributed by atoms with van der Waals surface area (Å²) >= 11 is 1.46. The van der Waals surface area contributed by atoms with Crippen LogP contribution < -0.4 is 5.32 Å². The van der Waals surface area contributed by atoms with E-state index in [1.807, 2.05) is 25.7 Å². The Labute approximate surface area is 180 Å². The molecule has 0 unspecified atom stereocenters. The number of amides is 1. The molecule has 8 heteroatoms. The van der Waals surface area contributed by atoms with Gasteiger partial charge in [-0.3, -0.25) is 14.6 Å². The van der Waals surface area contributed by atoms with Gasteiger partial charge < -0.3 is 10.2 Å². The lowest BCUT2D eigenvalue weighted by Gasteiger charge is -2.37. The van der Waals surface area contributed by atoms with E-state index in [1.54, 1.807) is 0 Å². The Hall–Kier alpha value is -1.25. The van der Waals surface area contributed by atoms with Crippen molar-refractivity contribution in [1.82, 2.24) is 24.1 Å². The predicted octanol–water partition coefficient (Wildman–Crippen LogP) is 2.90. The summed E-state index contributed by atoms with van der Waals surface area (Å²) in [5.41, 5.74) is -0.0905. The highest BCUT2D eigenvalue weighted by Crippen LogP contribution is 2.27. The monoisotopic (exact) mass is 422 g/mol. The Kier molecular flexibility index (Phi) is 6.85. The maximum absolute atomic E-state index is 12.4. The molecule has 7 nitrogen and oxygen atoms in total. The molecule has 3 rings (SSSR count). The third kappa shape index (κ3) is 5.89. The van der Waals surface area contributed by atoms with Crippen molar-refractivity contribution in [3.8, 4) is 0 Å². The quantitative estimate of drug-likeness (QED) is 0.787. The van der Waals surface area contributed by atoms with Crippen LogP contribution in [0.2, 0.25) is 0 Å². The Morgan fingerprint density at radius 1 is 1.10 bits per heavy atom. The molecule has 1 amide bonds. The van der Waals surface area contributed by atoms with Gasteiger partial charge in [0.1, 0.15) is 0 Å². The summed E-state index contributed by atoms with van der Waals surface area (Å²) in [7, 11) is 0. The number of carbonyl (C=O) groups excluding carboxylic acids is 1. The van der Waals surface area contributed by atoms with Gasteiger partial charge in [0.05, 0.1) is 6.54 Å². The molecule has 0 saturated carbocycles. The van der Waals surface area contributed by atoms with Crippen LogP contribution in [0.3, 0.4) is 0 Å². The summed E-state index contributed by atoms with van der Waals surface area (Å²) in [5.74, 6) is 1.12. The van der Waals surface area contributed by atoms with E-state index in [2.05, 4.69) is 40.3 Å². The molecular weight excluding hydrogens is 384 g/mol. The zero-order chi connectivity index (χ0) is 21.2. The van der Waals surface area contributed by atoms with Crippen LogP contribution in [0.5, 0.6) is 0 Å². The minimum Gasteiger partial charge on any atom is -0.359 e. The molecule has 29 heavy (non-hydrogen) atoms. The van der Waals surface area contributed by atoms with Crippen molar-refractivity contribution in [3.63, 3.8) is 0 Å². The molecule has 2 fully saturated rings. The number of nitrogens with zero attached hydrogens (tertiary/aromatic N) is 5. The van der Waals surface area contributed by atoms with Crippen LogP contribution in [0.1, 0.15) is 60.2 Å². The van der Waals surface area contributed by atoms with Crippen molar-refractivity contribution < 1.29 is 4.79 Å². The first-order valence-electron chi connectivity index (χ1n) is 10.9. The lowest BCUT2D eigenvalue weighted by molar-refractivity contribution is -0.141. The normalized spacial score (nSPS) is 22.3. The second-order valence-corrected chi connectivity index (χ2v) is 11.1. The van der Waals surface area contributed by atoms with E-state index < -0.39 is 0 Å². The second-order valence-electron chi connectivity index (χ2n) is 10.4. The highest BCUT2D eigenvalue weighted by molar-refractivity contribution is 7.09. The Morgan fingerprint density at radius 2 is 1.79 bits per heavy atom. The first-order chi connectivity index (χ1) is 13.5. The minimum absolute atomic E-state index is 0.214. The van der Waals surface area contributed by atoms with Crippen molar-refractivity contribution in [2.45, 2.75) is 72.5 Å². The van der Waals surface area contributed by atoms with E-state index in [-0.39, 0.29) is 16.9 Å². The van der Waals surface area contributed by atoms with Crippen LogP contribution in [0.4, 0.5) is 5.13 Å². The maximum Gasteiger partial charge on any atom is 0.228 e. The molecule has 2 aliphatic heterocycles. The number of anilines is 1. The van der Waals surface area contributed by atoms with Gasteiger partial charge in [0.15, 0.2) is 5.82 Å². The molecule has 164 valence electrons. The van der Waals surface area contributed by atoms with Crippen LogP contribution >= 0.6 is 11.5 Å².